The van der Waals surface area contributed by atoms with Gasteiger partial charge in [0.25, 0.3) is 0 Å². The molecule has 64 heavy (non-hydrogen) atoms. The Morgan fingerprint density at radius 3 is 1.27 bits per heavy atom. The van der Waals surface area contributed by atoms with E-state index in [0.717, 1.165) is 38.5 Å². The predicted molar refractivity (Wildman–Crippen MR) is 267 cm³/mol. The van der Waals surface area contributed by atoms with Gasteiger partial charge in [0.15, 0.2) is 6.29 Å². The fourth-order valence-electron chi connectivity index (χ4n) is 8.86. The van der Waals surface area contributed by atoms with Crippen molar-refractivity contribution in [1.29, 1.82) is 0 Å². The molecule has 378 valence electrons. The van der Waals surface area contributed by atoms with Crippen LogP contribution in [0.3, 0.4) is 0 Å². The van der Waals surface area contributed by atoms with Gasteiger partial charge in [0, 0.05) is 6.42 Å². The molecule has 1 heterocycles. The first-order valence-corrected chi connectivity index (χ1v) is 27.6. The maximum Gasteiger partial charge on any atom is 0.220 e. The largest absolute Gasteiger partial charge is 0.394 e. The van der Waals surface area contributed by atoms with Crippen LogP contribution >= 0.6 is 0 Å². The number of allylic oxidation sites excluding steroid dienone is 3. The van der Waals surface area contributed by atoms with Gasteiger partial charge in [0.2, 0.25) is 5.91 Å². The van der Waals surface area contributed by atoms with Gasteiger partial charge in [0.05, 0.1) is 25.4 Å². The zero-order chi connectivity index (χ0) is 46.6. The fraction of sp³-hybridized carbons (Fsp3) is 0.909. The third kappa shape index (κ3) is 34.9. The number of carbonyl (C=O) groups excluding carboxylic acids is 1. The smallest absolute Gasteiger partial charge is 0.220 e. The second kappa shape index (κ2) is 45.5. The van der Waals surface area contributed by atoms with Gasteiger partial charge in [-0.2, -0.15) is 0 Å². The Morgan fingerprint density at radius 1 is 0.516 bits per heavy atom. The molecule has 9 nitrogen and oxygen atoms in total. The van der Waals surface area contributed by atoms with Crippen molar-refractivity contribution in [3.05, 3.63) is 24.3 Å². The number of nitrogens with one attached hydrogen (secondary N) is 1. The molecule has 0 aromatic carbocycles. The zero-order valence-electron chi connectivity index (χ0n) is 41.8. The molecular weight excluding hydrogens is 803 g/mol. The molecule has 0 saturated carbocycles. The Bertz CT molecular complexity index is 1060. The highest BCUT2D eigenvalue weighted by Gasteiger charge is 2.44. The lowest BCUT2D eigenvalue weighted by Crippen LogP contribution is -2.60. The first kappa shape index (κ1) is 60.7. The lowest BCUT2D eigenvalue weighted by molar-refractivity contribution is -0.302. The van der Waals surface area contributed by atoms with E-state index >= 15 is 0 Å². The highest BCUT2D eigenvalue weighted by Crippen LogP contribution is 2.23. The molecule has 1 aliphatic heterocycles. The van der Waals surface area contributed by atoms with E-state index in [-0.39, 0.29) is 12.5 Å². The summed E-state index contributed by atoms with van der Waals surface area (Å²) in [4.78, 5) is 13.0. The highest BCUT2D eigenvalue weighted by atomic mass is 16.7. The van der Waals surface area contributed by atoms with Gasteiger partial charge in [-0.05, 0) is 44.9 Å². The van der Waals surface area contributed by atoms with E-state index in [1.54, 1.807) is 6.08 Å². The standard InChI is InChI=1S/C55H105NO8/c1-3-5-7-9-11-13-15-17-18-19-20-21-22-23-24-25-26-27-28-29-30-31-33-35-37-39-41-43-45-51(59)56-48(47-63-55-54(62)53(61)52(60)50(46-57)64-55)49(58)44-42-40-38-36-34-32-16-14-12-10-8-6-4-2/h23-24,42,44,48-50,52-55,57-58,60-62H,3-22,25-41,43,45-47H2,1-2H3,(H,56,59)/b24-23-,44-42+. The molecule has 1 fully saturated rings. The number of amides is 1. The summed E-state index contributed by atoms with van der Waals surface area (Å²) in [7, 11) is 0. The molecule has 1 aliphatic rings. The summed E-state index contributed by atoms with van der Waals surface area (Å²) in [5.74, 6) is -0.175. The molecule has 0 radical (unpaired) electrons. The lowest BCUT2D eigenvalue weighted by atomic mass is 9.99. The monoisotopic (exact) mass is 908 g/mol. The SMILES string of the molecule is CCCCCCCCCCCCC/C=C/C(O)C(COC1OC(CO)C(O)C(O)C1O)NC(=O)CCCCCCCCCCCCCC/C=C\CCCCCCCCCCCCCC. The average Bonchev–Trinajstić information content (AvgIpc) is 3.29. The minimum Gasteiger partial charge on any atom is -0.394 e. The van der Waals surface area contributed by atoms with Crippen molar-refractivity contribution < 1.29 is 39.8 Å². The molecule has 0 aromatic rings. The Hall–Kier alpha value is -1.33. The number of aliphatic hydroxyl groups is 5. The van der Waals surface area contributed by atoms with Crippen molar-refractivity contribution in [2.45, 2.75) is 307 Å². The molecule has 7 atom stereocenters. The van der Waals surface area contributed by atoms with Crippen molar-refractivity contribution in [2.75, 3.05) is 13.2 Å². The van der Waals surface area contributed by atoms with Gasteiger partial charge in [-0.25, -0.2) is 0 Å². The van der Waals surface area contributed by atoms with Gasteiger partial charge in [0.1, 0.15) is 24.4 Å². The second-order valence-corrected chi connectivity index (χ2v) is 19.4. The quantitative estimate of drug-likeness (QED) is 0.0261. The number of hydrogen-bond donors (Lipinski definition) is 6. The molecule has 1 rings (SSSR count). The van der Waals surface area contributed by atoms with Crippen LogP contribution in [-0.2, 0) is 14.3 Å². The fourth-order valence-corrected chi connectivity index (χ4v) is 8.86. The van der Waals surface area contributed by atoms with Gasteiger partial charge in [-0.1, -0.05) is 237 Å². The Labute approximate surface area is 394 Å². The minimum absolute atomic E-state index is 0.175. The average molecular weight is 908 g/mol. The molecule has 0 spiro atoms. The Morgan fingerprint density at radius 2 is 0.875 bits per heavy atom. The number of rotatable bonds is 47. The number of carbonyl (C=O) groups is 1. The lowest BCUT2D eigenvalue weighted by Gasteiger charge is -2.40. The van der Waals surface area contributed by atoms with Crippen molar-refractivity contribution >= 4 is 5.91 Å². The molecular formula is C55H105NO8. The molecule has 0 bridgehead atoms. The third-order valence-corrected chi connectivity index (χ3v) is 13.3. The van der Waals surface area contributed by atoms with Gasteiger partial charge >= 0.3 is 0 Å². The minimum atomic E-state index is -1.56. The Balaban J connectivity index is 2.17. The molecule has 7 unspecified atom stereocenters. The third-order valence-electron chi connectivity index (χ3n) is 13.3. The number of ether oxygens (including phenoxy) is 2. The van der Waals surface area contributed by atoms with Crippen LogP contribution in [0.2, 0.25) is 0 Å². The number of aliphatic hydroxyl groups excluding tert-OH is 5. The summed E-state index contributed by atoms with van der Waals surface area (Å²) >= 11 is 0. The van der Waals surface area contributed by atoms with E-state index in [0.29, 0.717) is 6.42 Å². The molecule has 0 aromatic heterocycles. The van der Waals surface area contributed by atoms with E-state index in [1.165, 1.54) is 205 Å². The molecule has 1 saturated heterocycles. The van der Waals surface area contributed by atoms with Crippen LogP contribution in [-0.4, -0.2) is 87.5 Å². The summed E-state index contributed by atoms with van der Waals surface area (Å²) in [5.41, 5.74) is 0. The van der Waals surface area contributed by atoms with Crippen LogP contribution in [0.4, 0.5) is 0 Å². The van der Waals surface area contributed by atoms with Crippen LogP contribution in [0.25, 0.3) is 0 Å². The summed E-state index contributed by atoms with van der Waals surface area (Å²) in [6, 6.07) is -0.802. The molecule has 1 amide bonds. The molecule has 0 aliphatic carbocycles. The van der Waals surface area contributed by atoms with Crippen LogP contribution < -0.4 is 5.32 Å². The number of unbranched alkanes of at least 4 members (excludes halogenated alkanes) is 35. The van der Waals surface area contributed by atoms with Crippen LogP contribution in [0.1, 0.15) is 264 Å². The normalized spacial score (nSPS) is 20.1. The molecule has 6 N–H and O–H groups in total. The Kier molecular flexibility index (Phi) is 43.1. The van der Waals surface area contributed by atoms with E-state index in [2.05, 4.69) is 31.3 Å². The predicted octanol–water partition coefficient (Wildman–Crippen LogP) is 13.0. The van der Waals surface area contributed by atoms with Crippen molar-refractivity contribution in [3.8, 4) is 0 Å². The van der Waals surface area contributed by atoms with E-state index < -0.39 is 49.5 Å². The van der Waals surface area contributed by atoms with Crippen LogP contribution in [0, 0.1) is 0 Å². The molecule has 9 heteroatoms. The maximum atomic E-state index is 13.0. The first-order chi connectivity index (χ1) is 31.3. The van der Waals surface area contributed by atoms with Crippen molar-refractivity contribution in [3.63, 3.8) is 0 Å². The summed E-state index contributed by atoms with van der Waals surface area (Å²) in [6.45, 7) is 3.79. The van der Waals surface area contributed by atoms with E-state index in [4.69, 9.17) is 9.47 Å². The van der Waals surface area contributed by atoms with Crippen LogP contribution in [0.5, 0.6) is 0 Å². The zero-order valence-corrected chi connectivity index (χ0v) is 41.8. The summed E-state index contributed by atoms with van der Waals surface area (Å²) in [5, 5.41) is 54.3. The maximum absolute atomic E-state index is 13.0. The summed E-state index contributed by atoms with van der Waals surface area (Å²) in [6.07, 6.45) is 49.6. The first-order valence-electron chi connectivity index (χ1n) is 27.6. The highest BCUT2D eigenvalue weighted by molar-refractivity contribution is 5.76. The topological polar surface area (TPSA) is 149 Å². The second-order valence-electron chi connectivity index (χ2n) is 19.4. The van der Waals surface area contributed by atoms with E-state index in [1.807, 2.05) is 6.08 Å². The van der Waals surface area contributed by atoms with Crippen LogP contribution in [0.15, 0.2) is 24.3 Å². The van der Waals surface area contributed by atoms with Gasteiger partial charge in [-0.15, -0.1) is 0 Å². The van der Waals surface area contributed by atoms with Crippen molar-refractivity contribution in [1.82, 2.24) is 5.32 Å². The summed E-state index contributed by atoms with van der Waals surface area (Å²) < 4.78 is 11.2. The number of hydrogen-bond acceptors (Lipinski definition) is 8. The van der Waals surface area contributed by atoms with Gasteiger partial charge in [-0.3, -0.25) is 4.79 Å². The van der Waals surface area contributed by atoms with Crippen molar-refractivity contribution in [2.24, 2.45) is 0 Å². The van der Waals surface area contributed by atoms with Gasteiger partial charge < -0.3 is 40.3 Å². The van der Waals surface area contributed by atoms with E-state index in [9.17, 15) is 30.3 Å².